The van der Waals surface area contributed by atoms with Crippen LogP contribution in [-0.4, -0.2) is 22.3 Å². The Labute approximate surface area is 112 Å². The molecule has 5 heteroatoms. The van der Waals surface area contributed by atoms with Crippen LogP contribution < -0.4 is 10.5 Å². The molecule has 0 aromatic heterocycles. The molecule has 0 fully saturated rings. The molecule has 1 aromatic carbocycles. The maximum absolute atomic E-state index is 9.54. The van der Waals surface area contributed by atoms with E-state index in [-0.39, 0.29) is 0 Å². The first-order valence-corrected chi connectivity index (χ1v) is 6.03. The standard InChI is InChI=1S/C12H16ClNO2S/c1-12(2,15)5-6-16-10-4-3-8(11(14)17)7-9(10)13/h3-4,7,15H,5-6H2,1-2H3,(H2,14,17). The lowest BCUT2D eigenvalue weighted by Gasteiger charge is -2.17. The van der Waals surface area contributed by atoms with Gasteiger partial charge in [0, 0.05) is 12.0 Å². The van der Waals surface area contributed by atoms with Crippen LogP contribution in [0.25, 0.3) is 0 Å². The normalized spacial score (nSPS) is 11.3. The first kappa shape index (κ1) is 14.2. The summed E-state index contributed by atoms with van der Waals surface area (Å²) in [5.41, 5.74) is 5.45. The van der Waals surface area contributed by atoms with Crippen molar-refractivity contribution >= 4 is 28.8 Å². The summed E-state index contributed by atoms with van der Waals surface area (Å²) >= 11 is 10.9. The topological polar surface area (TPSA) is 55.5 Å². The van der Waals surface area contributed by atoms with Gasteiger partial charge in [-0.3, -0.25) is 0 Å². The average Bonchev–Trinajstić information content (AvgIpc) is 2.18. The van der Waals surface area contributed by atoms with E-state index < -0.39 is 5.60 Å². The highest BCUT2D eigenvalue weighted by Crippen LogP contribution is 2.26. The first-order valence-electron chi connectivity index (χ1n) is 5.24. The molecule has 0 saturated heterocycles. The van der Waals surface area contributed by atoms with Crippen molar-refractivity contribution in [2.45, 2.75) is 25.9 Å². The van der Waals surface area contributed by atoms with Gasteiger partial charge in [0.2, 0.25) is 0 Å². The van der Waals surface area contributed by atoms with Crippen LogP contribution in [0.1, 0.15) is 25.8 Å². The molecule has 0 radical (unpaired) electrons. The predicted molar refractivity (Wildman–Crippen MR) is 73.7 cm³/mol. The van der Waals surface area contributed by atoms with Gasteiger partial charge in [0.25, 0.3) is 0 Å². The molecule has 0 spiro atoms. The Balaban J connectivity index is 2.64. The summed E-state index contributed by atoms with van der Waals surface area (Å²) in [7, 11) is 0. The molecule has 0 unspecified atom stereocenters. The molecule has 1 rings (SSSR count). The Morgan fingerprint density at radius 2 is 2.18 bits per heavy atom. The zero-order valence-corrected chi connectivity index (χ0v) is 11.4. The molecule has 0 heterocycles. The van der Waals surface area contributed by atoms with Gasteiger partial charge in [0.05, 0.1) is 17.2 Å². The summed E-state index contributed by atoms with van der Waals surface area (Å²) in [5, 5.41) is 10.00. The van der Waals surface area contributed by atoms with E-state index in [0.717, 1.165) is 0 Å². The van der Waals surface area contributed by atoms with Gasteiger partial charge in [0.15, 0.2) is 0 Å². The fourth-order valence-electron chi connectivity index (χ4n) is 1.18. The van der Waals surface area contributed by atoms with E-state index in [9.17, 15) is 5.11 Å². The van der Waals surface area contributed by atoms with Gasteiger partial charge in [-0.15, -0.1) is 0 Å². The van der Waals surface area contributed by atoms with Gasteiger partial charge < -0.3 is 15.6 Å². The Bertz CT molecular complexity index is 415. The van der Waals surface area contributed by atoms with E-state index in [1.165, 1.54) is 0 Å². The lowest BCUT2D eigenvalue weighted by atomic mass is 10.1. The number of rotatable bonds is 5. The van der Waals surface area contributed by atoms with Crippen molar-refractivity contribution in [3.63, 3.8) is 0 Å². The molecule has 0 aliphatic carbocycles. The van der Waals surface area contributed by atoms with Crippen LogP contribution in [-0.2, 0) is 0 Å². The van der Waals surface area contributed by atoms with Crippen molar-refractivity contribution < 1.29 is 9.84 Å². The summed E-state index contributed by atoms with van der Waals surface area (Å²) in [6, 6.07) is 5.15. The van der Waals surface area contributed by atoms with Gasteiger partial charge in [-0.05, 0) is 32.0 Å². The number of nitrogens with two attached hydrogens (primary N) is 1. The SMILES string of the molecule is CC(C)(O)CCOc1ccc(C(N)=S)cc1Cl. The van der Waals surface area contributed by atoms with Gasteiger partial charge in [-0.1, -0.05) is 23.8 Å². The van der Waals surface area contributed by atoms with Gasteiger partial charge in [0.1, 0.15) is 10.7 Å². The van der Waals surface area contributed by atoms with Gasteiger partial charge in [-0.2, -0.15) is 0 Å². The van der Waals surface area contributed by atoms with Crippen molar-refractivity contribution in [3.8, 4) is 5.75 Å². The van der Waals surface area contributed by atoms with Crippen LogP contribution in [0.4, 0.5) is 0 Å². The molecule has 0 bridgehead atoms. The molecule has 3 N–H and O–H groups in total. The molecule has 3 nitrogen and oxygen atoms in total. The fraction of sp³-hybridized carbons (Fsp3) is 0.417. The highest BCUT2D eigenvalue weighted by Gasteiger charge is 2.13. The average molecular weight is 274 g/mol. The second kappa shape index (κ2) is 5.67. The Hall–Kier alpha value is -0.840. The zero-order chi connectivity index (χ0) is 13.1. The van der Waals surface area contributed by atoms with Crippen molar-refractivity contribution in [1.82, 2.24) is 0 Å². The Morgan fingerprint density at radius 3 is 2.65 bits per heavy atom. The molecule has 0 aliphatic heterocycles. The van der Waals surface area contributed by atoms with Crippen LogP contribution in [0.3, 0.4) is 0 Å². The Morgan fingerprint density at radius 1 is 1.53 bits per heavy atom. The van der Waals surface area contributed by atoms with Crippen molar-refractivity contribution in [3.05, 3.63) is 28.8 Å². The molecular formula is C12H16ClNO2S. The summed E-state index contributed by atoms with van der Waals surface area (Å²) in [4.78, 5) is 0.301. The zero-order valence-electron chi connectivity index (χ0n) is 9.87. The van der Waals surface area contributed by atoms with Crippen LogP contribution in [0.2, 0.25) is 5.02 Å². The van der Waals surface area contributed by atoms with Crippen LogP contribution in [0, 0.1) is 0 Å². The quantitative estimate of drug-likeness (QED) is 0.810. The highest BCUT2D eigenvalue weighted by molar-refractivity contribution is 7.80. The molecule has 0 aliphatic rings. The number of hydrogen-bond donors (Lipinski definition) is 2. The molecule has 0 amide bonds. The third-order valence-corrected chi connectivity index (χ3v) is 2.72. The van der Waals surface area contributed by atoms with Crippen LogP contribution in [0.5, 0.6) is 5.75 Å². The first-order chi connectivity index (χ1) is 7.79. The van der Waals surface area contributed by atoms with E-state index in [1.807, 2.05) is 0 Å². The van der Waals surface area contributed by atoms with E-state index >= 15 is 0 Å². The van der Waals surface area contributed by atoms with E-state index in [1.54, 1.807) is 32.0 Å². The molecule has 17 heavy (non-hydrogen) atoms. The lowest BCUT2D eigenvalue weighted by Crippen LogP contribution is -2.21. The van der Waals surface area contributed by atoms with E-state index in [2.05, 4.69) is 0 Å². The minimum atomic E-state index is -0.745. The maximum Gasteiger partial charge on any atom is 0.137 e. The number of halogens is 1. The Kier molecular flexibility index (Phi) is 4.74. The molecule has 1 aromatic rings. The second-order valence-corrected chi connectivity index (χ2v) is 5.27. The second-order valence-electron chi connectivity index (χ2n) is 4.42. The van der Waals surface area contributed by atoms with Crippen molar-refractivity contribution in [2.75, 3.05) is 6.61 Å². The summed E-state index contributed by atoms with van der Waals surface area (Å²) in [6.45, 7) is 3.86. The van der Waals surface area contributed by atoms with Crippen LogP contribution >= 0.6 is 23.8 Å². The van der Waals surface area contributed by atoms with E-state index in [4.69, 9.17) is 34.3 Å². The number of thiocarbonyl (C=S) groups is 1. The summed E-state index contributed by atoms with van der Waals surface area (Å²) in [5.74, 6) is 0.566. The third-order valence-electron chi connectivity index (χ3n) is 2.19. The largest absolute Gasteiger partial charge is 0.492 e. The van der Waals surface area contributed by atoms with E-state index in [0.29, 0.717) is 34.4 Å². The predicted octanol–water partition coefficient (Wildman–Crippen LogP) is 2.51. The van der Waals surface area contributed by atoms with Crippen molar-refractivity contribution in [2.24, 2.45) is 5.73 Å². The smallest absolute Gasteiger partial charge is 0.137 e. The molecular weight excluding hydrogens is 258 g/mol. The maximum atomic E-state index is 9.54. The highest BCUT2D eigenvalue weighted by atomic mass is 35.5. The summed E-state index contributed by atoms with van der Waals surface area (Å²) in [6.07, 6.45) is 0.528. The van der Waals surface area contributed by atoms with Crippen LogP contribution in [0.15, 0.2) is 18.2 Å². The molecule has 0 atom stereocenters. The van der Waals surface area contributed by atoms with Crippen molar-refractivity contribution in [1.29, 1.82) is 0 Å². The number of aliphatic hydroxyl groups is 1. The lowest BCUT2D eigenvalue weighted by molar-refractivity contribution is 0.0553. The summed E-state index contributed by atoms with van der Waals surface area (Å²) < 4.78 is 5.47. The number of benzene rings is 1. The number of ether oxygens (including phenoxy) is 1. The third kappa shape index (κ3) is 4.89. The monoisotopic (exact) mass is 273 g/mol. The molecule has 94 valence electrons. The van der Waals surface area contributed by atoms with Gasteiger partial charge >= 0.3 is 0 Å². The molecule has 0 saturated carbocycles. The number of hydrogen-bond acceptors (Lipinski definition) is 3. The minimum absolute atomic E-state index is 0.301. The van der Waals surface area contributed by atoms with Gasteiger partial charge in [-0.25, -0.2) is 0 Å². The minimum Gasteiger partial charge on any atom is -0.492 e. The fourth-order valence-corrected chi connectivity index (χ4v) is 1.54.